The number of amides is 1. The molecule has 1 N–H and O–H groups in total. The van der Waals surface area contributed by atoms with E-state index in [1.807, 2.05) is 31.2 Å². The van der Waals surface area contributed by atoms with E-state index in [9.17, 15) is 14.4 Å². The van der Waals surface area contributed by atoms with Crippen LogP contribution in [0, 0.1) is 6.92 Å². The summed E-state index contributed by atoms with van der Waals surface area (Å²) in [6.07, 6.45) is 1.17. The van der Waals surface area contributed by atoms with Crippen molar-refractivity contribution >= 4 is 23.3 Å². The van der Waals surface area contributed by atoms with Crippen molar-refractivity contribution in [2.45, 2.75) is 26.2 Å². The van der Waals surface area contributed by atoms with Crippen molar-refractivity contribution < 1.29 is 19.1 Å². The highest BCUT2D eigenvalue weighted by atomic mass is 16.5. The van der Waals surface area contributed by atoms with Crippen LogP contribution in [0.3, 0.4) is 0 Å². The summed E-state index contributed by atoms with van der Waals surface area (Å²) in [5, 5.41) is 2.77. The third-order valence-corrected chi connectivity index (χ3v) is 4.28. The summed E-state index contributed by atoms with van der Waals surface area (Å²) in [6, 6.07) is 12.7. The van der Waals surface area contributed by atoms with E-state index in [2.05, 4.69) is 5.32 Å². The first-order valence-corrected chi connectivity index (χ1v) is 8.19. The molecule has 2 aromatic rings. The molecule has 0 aromatic heterocycles. The molecule has 25 heavy (non-hydrogen) atoms. The van der Waals surface area contributed by atoms with Crippen molar-refractivity contribution in [1.29, 1.82) is 0 Å². The highest BCUT2D eigenvalue weighted by Gasteiger charge is 2.17. The lowest BCUT2D eigenvalue weighted by atomic mass is 9.99. The first-order chi connectivity index (χ1) is 12.0. The van der Waals surface area contributed by atoms with Crippen molar-refractivity contribution in [3.8, 4) is 0 Å². The summed E-state index contributed by atoms with van der Waals surface area (Å²) in [6.45, 7) is 1.65. The molecule has 0 fully saturated rings. The zero-order valence-electron chi connectivity index (χ0n) is 14.0. The fraction of sp³-hybridized carbons (Fsp3) is 0.250. The number of carbonyl (C=O) groups is 3. The van der Waals surface area contributed by atoms with Gasteiger partial charge in [0.25, 0.3) is 0 Å². The van der Waals surface area contributed by atoms with Crippen LogP contribution in [0.2, 0.25) is 0 Å². The van der Waals surface area contributed by atoms with E-state index < -0.39 is 5.97 Å². The minimum absolute atomic E-state index is 0.0169. The lowest BCUT2D eigenvalue weighted by molar-refractivity contribution is -0.141. The molecule has 0 spiro atoms. The van der Waals surface area contributed by atoms with E-state index >= 15 is 0 Å². The number of hydrogen-bond donors (Lipinski definition) is 1. The second-order valence-electron chi connectivity index (χ2n) is 6.11. The molecule has 0 unspecified atom stereocenters. The number of carbonyl (C=O) groups excluding carboxylic acids is 3. The monoisotopic (exact) mass is 337 g/mol. The summed E-state index contributed by atoms with van der Waals surface area (Å²) in [4.78, 5) is 35.6. The number of nitrogens with one attached hydrogen (secondary N) is 1. The molecule has 5 nitrogen and oxygen atoms in total. The number of anilines is 1. The molecule has 0 saturated carbocycles. The van der Waals surface area contributed by atoms with Crippen molar-refractivity contribution in [2.24, 2.45) is 0 Å². The molecule has 0 bridgehead atoms. The Balaban J connectivity index is 1.58. The smallest absolute Gasteiger partial charge is 0.310 e. The second-order valence-corrected chi connectivity index (χ2v) is 6.11. The van der Waals surface area contributed by atoms with Gasteiger partial charge in [0.1, 0.15) is 0 Å². The normalized spacial score (nSPS) is 12.9. The van der Waals surface area contributed by atoms with Crippen LogP contribution in [0.25, 0.3) is 0 Å². The van der Waals surface area contributed by atoms with E-state index in [4.69, 9.17) is 4.74 Å². The minimum atomic E-state index is -0.423. The molecule has 128 valence electrons. The van der Waals surface area contributed by atoms with Gasteiger partial charge in [-0.3, -0.25) is 14.4 Å². The number of Topliss-reactive ketones (excluding diaryl/α,β-unsaturated/α-hetero) is 1. The Hall–Kier alpha value is -2.95. The van der Waals surface area contributed by atoms with Crippen LogP contribution in [0.4, 0.5) is 5.69 Å². The van der Waals surface area contributed by atoms with Gasteiger partial charge in [-0.25, -0.2) is 0 Å². The molecule has 1 amide bonds. The van der Waals surface area contributed by atoms with Gasteiger partial charge in [0.05, 0.1) is 6.42 Å². The Morgan fingerprint density at radius 1 is 1.12 bits per heavy atom. The van der Waals surface area contributed by atoms with E-state index in [-0.39, 0.29) is 24.7 Å². The van der Waals surface area contributed by atoms with Gasteiger partial charge < -0.3 is 10.1 Å². The van der Waals surface area contributed by atoms with Crippen LogP contribution < -0.4 is 5.32 Å². The topological polar surface area (TPSA) is 72.5 Å². The van der Waals surface area contributed by atoms with Gasteiger partial charge in [-0.15, -0.1) is 0 Å². The number of benzene rings is 2. The van der Waals surface area contributed by atoms with Crippen LogP contribution >= 0.6 is 0 Å². The van der Waals surface area contributed by atoms with Gasteiger partial charge in [0.2, 0.25) is 5.91 Å². The Morgan fingerprint density at radius 3 is 2.72 bits per heavy atom. The van der Waals surface area contributed by atoms with E-state index in [0.29, 0.717) is 18.4 Å². The summed E-state index contributed by atoms with van der Waals surface area (Å²) >= 11 is 0. The van der Waals surface area contributed by atoms with Gasteiger partial charge in [0.15, 0.2) is 12.4 Å². The maximum atomic E-state index is 12.3. The average Bonchev–Trinajstić information content (AvgIpc) is 2.61. The number of hydrogen-bond acceptors (Lipinski definition) is 4. The Bertz CT molecular complexity index is 841. The van der Waals surface area contributed by atoms with Crippen molar-refractivity contribution in [1.82, 2.24) is 0 Å². The lowest BCUT2D eigenvalue weighted by Gasteiger charge is -2.17. The van der Waals surface area contributed by atoms with Gasteiger partial charge in [-0.2, -0.15) is 0 Å². The van der Waals surface area contributed by atoms with Crippen LogP contribution in [-0.2, 0) is 27.2 Å². The van der Waals surface area contributed by atoms with E-state index in [1.54, 1.807) is 18.2 Å². The van der Waals surface area contributed by atoms with Crippen LogP contribution in [0.5, 0.6) is 0 Å². The van der Waals surface area contributed by atoms with Crippen molar-refractivity contribution in [2.75, 3.05) is 11.9 Å². The molecule has 1 aliphatic rings. The summed E-state index contributed by atoms with van der Waals surface area (Å²) in [5.41, 5.74) is 4.06. The maximum Gasteiger partial charge on any atom is 0.310 e. The lowest BCUT2D eigenvalue weighted by Crippen LogP contribution is -2.20. The molecule has 3 rings (SSSR count). The molecule has 5 heteroatoms. The largest absolute Gasteiger partial charge is 0.457 e. The van der Waals surface area contributed by atoms with Crippen molar-refractivity contribution in [3.63, 3.8) is 0 Å². The van der Waals surface area contributed by atoms with Gasteiger partial charge in [0, 0.05) is 17.7 Å². The summed E-state index contributed by atoms with van der Waals surface area (Å²) < 4.78 is 5.12. The summed E-state index contributed by atoms with van der Waals surface area (Å²) in [7, 11) is 0. The molecule has 0 atom stereocenters. The minimum Gasteiger partial charge on any atom is -0.457 e. The summed E-state index contributed by atoms with van der Waals surface area (Å²) in [5.74, 6) is -0.692. The second kappa shape index (κ2) is 7.30. The zero-order valence-corrected chi connectivity index (χ0v) is 14.0. The third kappa shape index (κ3) is 4.12. The Morgan fingerprint density at radius 2 is 1.92 bits per heavy atom. The SMILES string of the molecule is Cc1ccccc1CC(=O)OCC(=O)c1ccc2c(c1)CCC(=O)N2. The molecular formula is C20H19NO4. The fourth-order valence-electron chi connectivity index (χ4n) is 2.80. The molecule has 0 aliphatic carbocycles. The first-order valence-electron chi connectivity index (χ1n) is 8.19. The Labute approximate surface area is 146 Å². The zero-order chi connectivity index (χ0) is 17.8. The number of fused-ring (bicyclic) bond motifs is 1. The van der Waals surface area contributed by atoms with Crippen LogP contribution in [-0.4, -0.2) is 24.3 Å². The fourth-order valence-corrected chi connectivity index (χ4v) is 2.80. The molecule has 1 aliphatic heterocycles. The van der Waals surface area contributed by atoms with Crippen LogP contribution in [0.1, 0.15) is 33.5 Å². The Kier molecular flexibility index (Phi) is 4.93. The highest BCUT2D eigenvalue weighted by Crippen LogP contribution is 2.23. The number of rotatable bonds is 5. The van der Waals surface area contributed by atoms with E-state index in [0.717, 1.165) is 22.4 Å². The molecular weight excluding hydrogens is 318 g/mol. The number of aryl methyl sites for hydroxylation is 2. The van der Waals surface area contributed by atoms with Gasteiger partial charge in [-0.05, 0) is 48.2 Å². The number of esters is 1. The van der Waals surface area contributed by atoms with Crippen LogP contribution in [0.15, 0.2) is 42.5 Å². The van der Waals surface area contributed by atoms with E-state index in [1.165, 1.54) is 0 Å². The average molecular weight is 337 g/mol. The molecule has 1 heterocycles. The first kappa shape index (κ1) is 16.9. The predicted molar refractivity (Wildman–Crippen MR) is 93.6 cm³/mol. The molecule has 2 aromatic carbocycles. The standard InChI is InChI=1S/C20H19NO4/c1-13-4-2-3-5-14(13)11-20(24)25-12-18(22)16-6-8-17-15(10-16)7-9-19(23)21-17/h2-6,8,10H,7,9,11-12H2,1H3,(H,21,23). The number of ether oxygens (including phenoxy) is 1. The van der Waals surface area contributed by atoms with Gasteiger partial charge >= 0.3 is 5.97 Å². The van der Waals surface area contributed by atoms with Gasteiger partial charge in [-0.1, -0.05) is 24.3 Å². The van der Waals surface area contributed by atoms with Crippen molar-refractivity contribution in [3.05, 3.63) is 64.7 Å². The molecule has 0 saturated heterocycles. The molecule has 0 radical (unpaired) electrons. The number of ketones is 1. The maximum absolute atomic E-state index is 12.3. The highest BCUT2D eigenvalue weighted by molar-refractivity contribution is 6.00. The predicted octanol–water partition coefficient (Wildman–Crippen LogP) is 2.85. The third-order valence-electron chi connectivity index (χ3n) is 4.28. The quantitative estimate of drug-likeness (QED) is 0.673.